The highest BCUT2D eigenvalue weighted by Gasteiger charge is 2.23. The number of hydrogen-bond acceptors (Lipinski definition) is 2. The van der Waals surface area contributed by atoms with Gasteiger partial charge in [0.15, 0.2) is 0 Å². The molecule has 2 heterocycles. The van der Waals surface area contributed by atoms with Gasteiger partial charge in [0.1, 0.15) is 0 Å². The maximum atomic E-state index is 3.66. The Morgan fingerprint density at radius 3 is 2.76 bits per heavy atom. The van der Waals surface area contributed by atoms with E-state index in [9.17, 15) is 0 Å². The maximum Gasteiger partial charge on any atom is 0.0108 e. The Kier molecular flexibility index (Phi) is 3.72. The van der Waals surface area contributed by atoms with Crippen LogP contribution in [-0.4, -0.2) is 24.1 Å². The molecule has 0 aliphatic carbocycles. The lowest BCUT2D eigenvalue weighted by Gasteiger charge is -2.29. The van der Waals surface area contributed by atoms with Crippen LogP contribution >= 0.6 is 11.8 Å². The van der Waals surface area contributed by atoms with Crippen LogP contribution in [0, 0.1) is 0 Å². The molecule has 0 saturated carbocycles. The summed E-state index contributed by atoms with van der Waals surface area (Å²) in [5.41, 5.74) is 3.22. The number of hydrogen-bond donors (Lipinski definition) is 1. The van der Waals surface area contributed by atoms with Crippen molar-refractivity contribution in [2.24, 2.45) is 0 Å². The molecule has 2 saturated heterocycles. The second-order valence-corrected chi connectivity index (χ2v) is 6.36. The normalized spacial score (nSPS) is 25.5. The van der Waals surface area contributed by atoms with Crippen LogP contribution in [0.25, 0.3) is 0 Å². The lowest BCUT2D eigenvalue weighted by Crippen LogP contribution is -2.36. The molecule has 2 aliphatic heterocycles. The van der Waals surface area contributed by atoms with Crippen molar-refractivity contribution >= 4 is 11.8 Å². The van der Waals surface area contributed by atoms with Crippen LogP contribution in [0.5, 0.6) is 0 Å². The maximum absolute atomic E-state index is 3.66. The highest BCUT2D eigenvalue weighted by molar-refractivity contribution is 8.00. The number of piperidine rings is 1. The highest BCUT2D eigenvalue weighted by atomic mass is 32.2. The van der Waals surface area contributed by atoms with Crippen LogP contribution in [-0.2, 0) is 6.42 Å². The fourth-order valence-electron chi connectivity index (χ4n) is 2.90. The van der Waals surface area contributed by atoms with E-state index in [4.69, 9.17) is 0 Å². The molecular weight excluding hydrogens is 226 g/mol. The Bertz CT molecular complexity index is 367. The van der Waals surface area contributed by atoms with Crippen molar-refractivity contribution in [2.45, 2.75) is 37.6 Å². The standard InChI is InChI=1S/C15H21NS/c1-2-7-15(13-10-17-11-13)12(5-1)9-14-6-3-4-8-16-14/h1-2,5,7,13-14,16H,3-4,6,8-11H2. The van der Waals surface area contributed by atoms with Gasteiger partial charge < -0.3 is 5.32 Å². The molecule has 17 heavy (non-hydrogen) atoms. The minimum absolute atomic E-state index is 0.720. The summed E-state index contributed by atoms with van der Waals surface area (Å²) in [6.45, 7) is 1.21. The van der Waals surface area contributed by atoms with E-state index in [1.807, 2.05) is 0 Å². The zero-order valence-corrected chi connectivity index (χ0v) is 11.1. The van der Waals surface area contributed by atoms with Crippen molar-refractivity contribution in [2.75, 3.05) is 18.1 Å². The fourth-order valence-corrected chi connectivity index (χ4v) is 3.73. The molecule has 1 aromatic carbocycles. The second-order valence-electron chi connectivity index (χ2n) is 5.28. The summed E-state index contributed by atoms with van der Waals surface area (Å²) in [4.78, 5) is 0. The minimum atomic E-state index is 0.720. The second kappa shape index (κ2) is 5.45. The van der Waals surface area contributed by atoms with Gasteiger partial charge in [-0.15, -0.1) is 0 Å². The first-order chi connectivity index (χ1) is 8.43. The first kappa shape index (κ1) is 11.6. The molecule has 1 nitrogen and oxygen atoms in total. The number of benzene rings is 1. The van der Waals surface area contributed by atoms with Crippen LogP contribution in [0.15, 0.2) is 24.3 Å². The average molecular weight is 247 g/mol. The molecule has 2 aliphatic rings. The zero-order chi connectivity index (χ0) is 11.5. The van der Waals surface area contributed by atoms with Gasteiger partial charge in [-0.1, -0.05) is 30.7 Å². The van der Waals surface area contributed by atoms with Crippen molar-refractivity contribution in [1.29, 1.82) is 0 Å². The van der Waals surface area contributed by atoms with Crippen LogP contribution < -0.4 is 5.32 Å². The van der Waals surface area contributed by atoms with Crippen LogP contribution in [0.3, 0.4) is 0 Å². The van der Waals surface area contributed by atoms with Crippen LogP contribution in [0.4, 0.5) is 0 Å². The summed E-state index contributed by atoms with van der Waals surface area (Å²) < 4.78 is 0. The minimum Gasteiger partial charge on any atom is -0.314 e. The summed E-state index contributed by atoms with van der Waals surface area (Å²) in [6.07, 6.45) is 5.35. The first-order valence-electron chi connectivity index (χ1n) is 6.82. The summed E-state index contributed by atoms with van der Waals surface area (Å²) in [5.74, 6) is 3.49. The quantitative estimate of drug-likeness (QED) is 0.880. The van der Waals surface area contributed by atoms with Crippen LogP contribution in [0.1, 0.15) is 36.3 Å². The smallest absolute Gasteiger partial charge is 0.0108 e. The molecule has 0 bridgehead atoms. The van der Waals surface area contributed by atoms with Crippen molar-refractivity contribution in [3.8, 4) is 0 Å². The van der Waals surface area contributed by atoms with Gasteiger partial charge in [0.2, 0.25) is 0 Å². The van der Waals surface area contributed by atoms with E-state index in [-0.39, 0.29) is 0 Å². The Morgan fingerprint density at radius 1 is 1.18 bits per heavy atom. The van der Waals surface area contributed by atoms with Gasteiger partial charge in [-0.3, -0.25) is 0 Å². The van der Waals surface area contributed by atoms with Gasteiger partial charge >= 0.3 is 0 Å². The summed E-state index contributed by atoms with van der Waals surface area (Å²) in [5, 5.41) is 3.66. The molecule has 0 spiro atoms. The third-order valence-electron chi connectivity index (χ3n) is 4.01. The van der Waals surface area contributed by atoms with Gasteiger partial charge in [-0.25, -0.2) is 0 Å². The largest absolute Gasteiger partial charge is 0.314 e. The summed E-state index contributed by atoms with van der Waals surface area (Å²) in [6, 6.07) is 9.82. The number of rotatable bonds is 3. The molecule has 0 amide bonds. The van der Waals surface area contributed by atoms with Crippen molar-refractivity contribution < 1.29 is 0 Å². The molecule has 1 unspecified atom stereocenters. The fraction of sp³-hybridized carbons (Fsp3) is 0.600. The highest BCUT2D eigenvalue weighted by Crippen LogP contribution is 2.36. The Labute approximate surface area is 108 Å². The SMILES string of the molecule is c1ccc(C2CSC2)c(CC2CCCCN2)c1. The third kappa shape index (κ3) is 2.69. The monoisotopic (exact) mass is 247 g/mol. The molecule has 1 aromatic rings. The van der Waals surface area contributed by atoms with Gasteiger partial charge in [0.25, 0.3) is 0 Å². The van der Waals surface area contributed by atoms with E-state index in [0.29, 0.717) is 0 Å². The molecule has 2 fully saturated rings. The molecule has 3 rings (SSSR count). The van der Waals surface area contributed by atoms with Crippen molar-refractivity contribution in [1.82, 2.24) is 5.32 Å². The van der Waals surface area contributed by atoms with Crippen LogP contribution in [0.2, 0.25) is 0 Å². The topological polar surface area (TPSA) is 12.0 Å². The Morgan fingerprint density at radius 2 is 2.06 bits per heavy atom. The van der Waals surface area contributed by atoms with E-state index >= 15 is 0 Å². The van der Waals surface area contributed by atoms with E-state index in [1.165, 1.54) is 43.7 Å². The summed E-state index contributed by atoms with van der Waals surface area (Å²) in [7, 11) is 0. The Hall–Kier alpha value is -0.470. The van der Waals surface area contributed by atoms with Crippen molar-refractivity contribution in [3.63, 3.8) is 0 Å². The zero-order valence-electron chi connectivity index (χ0n) is 10.3. The molecule has 1 N–H and O–H groups in total. The number of nitrogens with one attached hydrogen (secondary N) is 1. The van der Waals surface area contributed by atoms with E-state index in [0.717, 1.165) is 12.0 Å². The molecule has 0 radical (unpaired) electrons. The molecule has 92 valence electrons. The van der Waals surface area contributed by atoms with Gasteiger partial charge in [0.05, 0.1) is 0 Å². The predicted octanol–water partition coefficient (Wildman–Crippen LogP) is 3.20. The van der Waals surface area contributed by atoms with E-state index in [1.54, 1.807) is 11.1 Å². The Balaban J connectivity index is 1.72. The molecule has 0 aromatic heterocycles. The van der Waals surface area contributed by atoms with Crippen molar-refractivity contribution in [3.05, 3.63) is 35.4 Å². The third-order valence-corrected chi connectivity index (χ3v) is 5.29. The number of thioether (sulfide) groups is 1. The van der Waals surface area contributed by atoms with Gasteiger partial charge in [-0.2, -0.15) is 11.8 Å². The van der Waals surface area contributed by atoms with Gasteiger partial charge in [-0.05, 0) is 36.9 Å². The summed E-state index contributed by atoms with van der Waals surface area (Å²) >= 11 is 2.08. The van der Waals surface area contributed by atoms with E-state index in [2.05, 4.69) is 41.3 Å². The predicted molar refractivity (Wildman–Crippen MR) is 75.9 cm³/mol. The van der Waals surface area contributed by atoms with Gasteiger partial charge in [0, 0.05) is 23.5 Å². The molecular formula is C15H21NS. The lowest BCUT2D eigenvalue weighted by atomic mass is 9.90. The first-order valence-corrected chi connectivity index (χ1v) is 7.98. The lowest BCUT2D eigenvalue weighted by molar-refractivity contribution is 0.398. The molecule has 2 heteroatoms. The average Bonchev–Trinajstić information content (AvgIpc) is 2.31. The van der Waals surface area contributed by atoms with E-state index < -0.39 is 0 Å². The molecule has 1 atom stereocenters.